The van der Waals surface area contributed by atoms with Gasteiger partial charge in [-0.25, -0.2) is 0 Å². The molecule has 0 fully saturated rings. The molecule has 118 valence electrons. The number of hydrogen-bond donors (Lipinski definition) is 2. The summed E-state index contributed by atoms with van der Waals surface area (Å²) in [6, 6.07) is 4.18. The Morgan fingerprint density at radius 3 is 1.23 bits per heavy atom. The standard InChI is InChI=1S/C18H22O2S2/c1-9-7-11(3)17(15(19)13(9)5)21-22-18-12(4)8-10(2)14(6)16(18)20/h7-8,19-20H,1-6H3. The van der Waals surface area contributed by atoms with Gasteiger partial charge in [0.15, 0.2) is 0 Å². The molecule has 0 saturated heterocycles. The summed E-state index contributed by atoms with van der Waals surface area (Å²) in [4.78, 5) is 1.73. The lowest BCUT2D eigenvalue weighted by Crippen LogP contribution is -1.90. The van der Waals surface area contributed by atoms with Crippen LogP contribution < -0.4 is 0 Å². The van der Waals surface area contributed by atoms with Gasteiger partial charge in [0.2, 0.25) is 0 Å². The predicted molar refractivity (Wildman–Crippen MR) is 96.3 cm³/mol. The Hall–Kier alpha value is -1.26. The second kappa shape index (κ2) is 6.47. The van der Waals surface area contributed by atoms with E-state index in [-0.39, 0.29) is 0 Å². The molecule has 2 rings (SSSR count). The molecule has 2 aromatic rings. The van der Waals surface area contributed by atoms with Crippen molar-refractivity contribution in [2.45, 2.75) is 51.3 Å². The van der Waals surface area contributed by atoms with Crippen LogP contribution >= 0.6 is 21.6 Å². The van der Waals surface area contributed by atoms with Crippen LogP contribution in [0.3, 0.4) is 0 Å². The van der Waals surface area contributed by atoms with E-state index in [0.29, 0.717) is 11.5 Å². The third kappa shape index (κ3) is 3.08. The first-order chi connectivity index (χ1) is 10.2. The highest BCUT2D eigenvalue weighted by atomic mass is 33.1. The number of benzene rings is 2. The molecule has 2 N–H and O–H groups in total. The number of rotatable bonds is 3. The summed E-state index contributed by atoms with van der Waals surface area (Å²) < 4.78 is 0. The fourth-order valence-electron chi connectivity index (χ4n) is 2.38. The van der Waals surface area contributed by atoms with Crippen LogP contribution in [0.5, 0.6) is 11.5 Å². The molecule has 22 heavy (non-hydrogen) atoms. The summed E-state index contributed by atoms with van der Waals surface area (Å²) in [6.45, 7) is 11.9. The molecular formula is C18H22O2S2. The summed E-state index contributed by atoms with van der Waals surface area (Å²) in [7, 11) is 3.00. The molecule has 2 aromatic carbocycles. The van der Waals surface area contributed by atoms with Gasteiger partial charge in [0.1, 0.15) is 11.5 Å². The van der Waals surface area contributed by atoms with E-state index in [0.717, 1.165) is 43.2 Å². The van der Waals surface area contributed by atoms with E-state index in [1.54, 1.807) is 0 Å². The van der Waals surface area contributed by atoms with Crippen molar-refractivity contribution < 1.29 is 10.2 Å². The number of phenolic OH excluding ortho intramolecular Hbond substituents is 2. The van der Waals surface area contributed by atoms with Crippen LogP contribution in [-0.4, -0.2) is 10.2 Å². The van der Waals surface area contributed by atoms with Crippen LogP contribution in [0.4, 0.5) is 0 Å². The molecule has 0 bridgehead atoms. The average molecular weight is 335 g/mol. The Morgan fingerprint density at radius 2 is 0.909 bits per heavy atom. The lowest BCUT2D eigenvalue weighted by molar-refractivity contribution is 0.455. The Kier molecular flexibility index (Phi) is 5.03. The molecule has 0 heterocycles. The molecular weight excluding hydrogens is 312 g/mol. The van der Waals surface area contributed by atoms with Gasteiger partial charge in [0.25, 0.3) is 0 Å². The van der Waals surface area contributed by atoms with Crippen molar-refractivity contribution in [1.29, 1.82) is 0 Å². The molecule has 0 unspecified atom stereocenters. The lowest BCUT2D eigenvalue weighted by atomic mass is 10.1. The van der Waals surface area contributed by atoms with Crippen molar-refractivity contribution >= 4 is 21.6 Å². The summed E-state index contributed by atoms with van der Waals surface area (Å²) in [5, 5.41) is 20.8. The number of phenols is 2. The summed E-state index contributed by atoms with van der Waals surface area (Å²) in [5.74, 6) is 0.687. The zero-order valence-electron chi connectivity index (χ0n) is 13.9. The van der Waals surface area contributed by atoms with Crippen molar-refractivity contribution in [2.24, 2.45) is 0 Å². The summed E-state index contributed by atoms with van der Waals surface area (Å²) in [6.07, 6.45) is 0. The third-order valence-electron chi connectivity index (χ3n) is 4.11. The van der Waals surface area contributed by atoms with Crippen molar-refractivity contribution in [2.75, 3.05) is 0 Å². The summed E-state index contributed by atoms with van der Waals surface area (Å²) >= 11 is 0. The van der Waals surface area contributed by atoms with Gasteiger partial charge in [-0.05, 0) is 96.5 Å². The molecule has 0 aliphatic heterocycles. The SMILES string of the molecule is Cc1cc(C)c(SSc2c(C)cc(C)c(C)c2O)c(O)c1C. The molecule has 0 saturated carbocycles. The maximum absolute atomic E-state index is 10.4. The monoisotopic (exact) mass is 334 g/mol. The minimum Gasteiger partial charge on any atom is -0.506 e. The minimum absolute atomic E-state index is 0.343. The normalized spacial score (nSPS) is 11.0. The van der Waals surface area contributed by atoms with Crippen LogP contribution in [0.15, 0.2) is 21.9 Å². The first-order valence-corrected chi connectivity index (χ1v) is 9.33. The minimum atomic E-state index is 0.343. The first-order valence-electron chi connectivity index (χ1n) is 7.18. The largest absolute Gasteiger partial charge is 0.506 e. The Bertz CT molecular complexity index is 673. The van der Waals surface area contributed by atoms with E-state index in [1.165, 1.54) is 21.6 Å². The molecule has 0 aliphatic carbocycles. The second-order valence-electron chi connectivity index (χ2n) is 5.79. The third-order valence-corrected chi connectivity index (χ3v) is 6.81. The average Bonchev–Trinajstić information content (AvgIpc) is 2.45. The second-order valence-corrected chi connectivity index (χ2v) is 7.94. The molecule has 0 aromatic heterocycles. The van der Waals surface area contributed by atoms with Gasteiger partial charge >= 0.3 is 0 Å². The number of hydrogen-bond acceptors (Lipinski definition) is 4. The molecule has 2 nitrogen and oxygen atoms in total. The van der Waals surface area contributed by atoms with E-state index in [1.807, 2.05) is 41.5 Å². The van der Waals surface area contributed by atoms with Gasteiger partial charge in [-0.15, -0.1) is 0 Å². The van der Waals surface area contributed by atoms with E-state index < -0.39 is 0 Å². The highest BCUT2D eigenvalue weighted by Gasteiger charge is 2.16. The van der Waals surface area contributed by atoms with Crippen molar-refractivity contribution in [1.82, 2.24) is 0 Å². The fraction of sp³-hybridized carbons (Fsp3) is 0.333. The Labute approximate surface area is 140 Å². The van der Waals surface area contributed by atoms with E-state index in [9.17, 15) is 10.2 Å². The number of aryl methyl sites for hydroxylation is 4. The predicted octanol–water partition coefficient (Wildman–Crippen LogP) is 5.75. The fourth-order valence-corrected chi connectivity index (χ4v) is 5.15. The van der Waals surface area contributed by atoms with Crippen LogP contribution in [-0.2, 0) is 0 Å². The van der Waals surface area contributed by atoms with Gasteiger partial charge < -0.3 is 10.2 Å². The molecule has 0 amide bonds. The molecule has 0 atom stereocenters. The smallest absolute Gasteiger partial charge is 0.133 e. The first kappa shape index (κ1) is 17.1. The molecule has 0 spiro atoms. The lowest BCUT2D eigenvalue weighted by Gasteiger charge is -2.15. The zero-order chi connectivity index (χ0) is 16.6. The maximum Gasteiger partial charge on any atom is 0.133 e. The highest BCUT2D eigenvalue weighted by Crippen LogP contribution is 2.49. The van der Waals surface area contributed by atoms with Gasteiger partial charge in [-0.1, -0.05) is 12.1 Å². The quantitative estimate of drug-likeness (QED) is 0.701. The van der Waals surface area contributed by atoms with E-state index in [2.05, 4.69) is 12.1 Å². The topological polar surface area (TPSA) is 40.5 Å². The van der Waals surface area contributed by atoms with Gasteiger partial charge in [-0.3, -0.25) is 0 Å². The van der Waals surface area contributed by atoms with E-state index >= 15 is 0 Å². The van der Waals surface area contributed by atoms with Gasteiger partial charge in [0.05, 0.1) is 9.79 Å². The van der Waals surface area contributed by atoms with Crippen molar-refractivity contribution in [3.63, 3.8) is 0 Å². The molecule has 0 radical (unpaired) electrons. The molecule has 0 aliphatic rings. The number of aromatic hydroxyl groups is 2. The maximum atomic E-state index is 10.4. The van der Waals surface area contributed by atoms with Crippen LogP contribution in [0.2, 0.25) is 0 Å². The van der Waals surface area contributed by atoms with Crippen LogP contribution in [0, 0.1) is 41.5 Å². The van der Waals surface area contributed by atoms with Crippen molar-refractivity contribution in [3.05, 3.63) is 45.5 Å². The highest BCUT2D eigenvalue weighted by molar-refractivity contribution is 8.76. The van der Waals surface area contributed by atoms with Crippen LogP contribution in [0.25, 0.3) is 0 Å². The Morgan fingerprint density at radius 1 is 0.591 bits per heavy atom. The Balaban J connectivity index is 2.36. The summed E-state index contributed by atoms with van der Waals surface area (Å²) in [5.41, 5.74) is 6.12. The van der Waals surface area contributed by atoms with Gasteiger partial charge in [-0.2, -0.15) is 0 Å². The van der Waals surface area contributed by atoms with E-state index in [4.69, 9.17) is 0 Å². The zero-order valence-corrected chi connectivity index (χ0v) is 15.5. The van der Waals surface area contributed by atoms with Crippen molar-refractivity contribution in [3.8, 4) is 11.5 Å². The van der Waals surface area contributed by atoms with Gasteiger partial charge in [0, 0.05) is 0 Å². The molecule has 4 heteroatoms. The van der Waals surface area contributed by atoms with Crippen LogP contribution in [0.1, 0.15) is 33.4 Å².